The van der Waals surface area contributed by atoms with E-state index in [0.717, 1.165) is 19.6 Å². The molecule has 0 radical (unpaired) electrons. The minimum atomic E-state index is 0.284. The van der Waals surface area contributed by atoms with Crippen molar-refractivity contribution in [2.45, 2.75) is 37.9 Å². The maximum atomic E-state index is 6.06. The van der Waals surface area contributed by atoms with E-state index in [1.165, 1.54) is 12.8 Å². The Balaban J connectivity index is 1.91. The van der Waals surface area contributed by atoms with Gasteiger partial charge in [0.05, 0.1) is 0 Å². The van der Waals surface area contributed by atoms with Crippen molar-refractivity contribution in [3.05, 3.63) is 0 Å². The molecule has 2 fully saturated rings. The average molecular weight is 184 g/mol. The van der Waals surface area contributed by atoms with Gasteiger partial charge >= 0.3 is 0 Å². The molecule has 0 amide bonds. The Bertz CT molecular complexity index is 173. The SMILES string of the molecule is CC1CCN(C2CCNCC2N)N1. The van der Waals surface area contributed by atoms with E-state index in [4.69, 9.17) is 5.73 Å². The van der Waals surface area contributed by atoms with Crippen molar-refractivity contribution in [1.29, 1.82) is 0 Å². The molecule has 0 aromatic rings. The van der Waals surface area contributed by atoms with Crippen molar-refractivity contribution in [1.82, 2.24) is 15.8 Å². The van der Waals surface area contributed by atoms with Gasteiger partial charge in [0.15, 0.2) is 0 Å². The van der Waals surface area contributed by atoms with Gasteiger partial charge in [-0.15, -0.1) is 0 Å². The van der Waals surface area contributed by atoms with Crippen molar-refractivity contribution in [3.8, 4) is 0 Å². The third-order valence-electron chi connectivity index (χ3n) is 3.08. The Kier molecular flexibility index (Phi) is 2.83. The molecule has 2 aliphatic rings. The zero-order valence-electron chi connectivity index (χ0n) is 8.29. The first-order chi connectivity index (χ1) is 6.27. The van der Waals surface area contributed by atoms with Crippen LogP contribution in [-0.4, -0.2) is 42.8 Å². The summed E-state index contributed by atoms with van der Waals surface area (Å²) in [6, 6.07) is 1.44. The molecule has 2 rings (SSSR count). The van der Waals surface area contributed by atoms with Crippen LogP contribution in [0.15, 0.2) is 0 Å². The van der Waals surface area contributed by atoms with Crippen LogP contribution in [0.1, 0.15) is 19.8 Å². The number of hydrazine groups is 1. The third kappa shape index (κ3) is 2.02. The van der Waals surface area contributed by atoms with Crippen molar-refractivity contribution in [3.63, 3.8) is 0 Å². The van der Waals surface area contributed by atoms with Gasteiger partial charge in [-0.3, -0.25) is 5.43 Å². The zero-order chi connectivity index (χ0) is 9.26. The quantitative estimate of drug-likeness (QED) is 0.503. The number of piperidine rings is 1. The first-order valence-corrected chi connectivity index (χ1v) is 5.26. The summed E-state index contributed by atoms with van der Waals surface area (Å²) in [4.78, 5) is 0. The largest absolute Gasteiger partial charge is 0.325 e. The Morgan fingerprint density at radius 1 is 1.38 bits per heavy atom. The Morgan fingerprint density at radius 2 is 2.23 bits per heavy atom. The third-order valence-corrected chi connectivity index (χ3v) is 3.08. The fourth-order valence-electron chi connectivity index (χ4n) is 2.26. The van der Waals surface area contributed by atoms with E-state index in [2.05, 4.69) is 22.7 Å². The minimum absolute atomic E-state index is 0.284. The van der Waals surface area contributed by atoms with Crippen LogP contribution in [0.4, 0.5) is 0 Å². The molecule has 2 aliphatic heterocycles. The molecule has 0 spiro atoms. The molecular weight excluding hydrogens is 164 g/mol. The second-order valence-corrected chi connectivity index (χ2v) is 4.24. The van der Waals surface area contributed by atoms with E-state index in [1.807, 2.05) is 0 Å². The van der Waals surface area contributed by atoms with E-state index in [9.17, 15) is 0 Å². The molecule has 0 saturated carbocycles. The van der Waals surface area contributed by atoms with E-state index in [1.54, 1.807) is 0 Å². The Morgan fingerprint density at radius 3 is 2.85 bits per heavy atom. The van der Waals surface area contributed by atoms with Crippen molar-refractivity contribution in [2.75, 3.05) is 19.6 Å². The van der Waals surface area contributed by atoms with Crippen LogP contribution in [-0.2, 0) is 0 Å². The Hall–Kier alpha value is -0.160. The van der Waals surface area contributed by atoms with Crippen LogP contribution in [0, 0.1) is 0 Å². The number of nitrogens with one attached hydrogen (secondary N) is 2. The van der Waals surface area contributed by atoms with E-state index >= 15 is 0 Å². The van der Waals surface area contributed by atoms with Gasteiger partial charge in [0.1, 0.15) is 0 Å². The van der Waals surface area contributed by atoms with Gasteiger partial charge in [-0.1, -0.05) is 0 Å². The lowest BCUT2D eigenvalue weighted by Gasteiger charge is -2.36. The summed E-state index contributed by atoms with van der Waals surface area (Å²) in [5.74, 6) is 0. The molecule has 2 heterocycles. The molecule has 2 saturated heterocycles. The average Bonchev–Trinajstić information content (AvgIpc) is 2.53. The molecule has 0 aromatic carbocycles. The lowest BCUT2D eigenvalue weighted by molar-refractivity contribution is 0.119. The molecular formula is C9H20N4. The summed E-state index contributed by atoms with van der Waals surface area (Å²) < 4.78 is 0. The molecule has 76 valence electrons. The van der Waals surface area contributed by atoms with Crippen molar-refractivity contribution in [2.24, 2.45) is 5.73 Å². The monoisotopic (exact) mass is 184 g/mol. The number of hydrogen-bond donors (Lipinski definition) is 3. The summed E-state index contributed by atoms with van der Waals surface area (Å²) in [7, 11) is 0. The molecule has 0 aromatic heterocycles. The second kappa shape index (κ2) is 3.92. The number of nitrogens with two attached hydrogens (primary N) is 1. The highest BCUT2D eigenvalue weighted by Crippen LogP contribution is 2.14. The number of hydrogen-bond acceptors (Lipinski definition) is 4. The van der Waals surface area contributed by atoms with Crippen LogP contribution in [0.25, 0.3) is 0 Å². The maximum Gasteiger partial charge on any atom is 0.0419 e. The summed E-state index contributed by atoms with van der Waals surface area (Å²) in [6.07, 6.45) is 2.41. The van der Waals surface area contributed by atoms with Gasteiger partial charge in [-0.2, -0.15) is 0 Å². The lowest BCUT2D eigenvalue weighted by atomic mass is 10.0. The predicted molar refractivity (Wildman–Crippen MR) is 53.2 cm³/mol. The molecule has 4 heteroatoms. The fraction of sp³-hybridized carbons (Fsp3) is 1.00. The van der Waals surface area contributed by atoms with E-state index < -0.39 is 0 Å². The van der Waals surface area contributed by atoms with Gasteiger partial charge in [-0.25, -0.2) is 5.01 Å². The van der Waals surface area contributed by atoms with Gasteiger partial charge < -0.3 is 11.1 Å². The van der Waals surface area contributed by atoms with Crippen LogP contribution < -0.4 is 16.5 Å². The van der Waals surface area contributed by atoms with Crippen molar-refractivity contribution < 1.29 is 0 Å². The second-order valence-electron chi connectivity index (χ2n) is 4.24. The number of rotatable bonds is 1. The van der Waals surface area contributed by atoms with Crippen LogP contribution in [0.2, 0.25) is 0 Å². The van der Waals surface area contributed by atoms with Gasteiger partial charge in [0.25, 0.3) is 0 Å². The topological polar surface area (TPSA) is 53.3 Å². The van der Waals surface area contributed by atoms with E-state index in [-0.39, 0.29) is 6.04 Å². The molecule has 4 N–H and O–H groups in total. The van der Waals surface area contributed by atoms with Crippen molar-refractivity contribution >= 4 is 0 Å². The van der Waals surface area contributed by atoms with Gasteiger partial charge in [0.2, 0.25) is 0 Å². The van der Waals surface area contributed by atoms with Crippen LogP contribution in [0.5, 0.6) is 0 Å². The first kappa shape index (κ1) is 9.40. The molecule has 4 nitrogen and oxygen atoms in total. The zero-order valence-corrected chi connectivity index (χ0v) is 8.29. The standard InChI is InChI=1S/C9H20N4/c1-7-3-5-13(12-7)9-2-4-11-6-8(9)10/h7-9,11-12H,2-6,10H2,1H3. The predicted octanol–water partition coefficient (Wildman–Crippen LogP) is -0.726. The lowest BCUT2D eigenvalue weighted by Crippen LogP contribution is -2.58. The highest BCUT2D eigenvalue weighted by molar-refractivity contribution is 4.89. The Labute approximate surface area is 79.8 Å². The molecule has 0 bridgehead atoms. The molecule has 13 heavy (non-hydrogen) atoms. The first-order valence-electron chi connectivity index (χ1n) is 5.26. The molecule has 3 atom stereocenters. The minimum Gasteiger partial charge on any atom is -0.325 e. The van der Waals surface area contributed by atoms with E-state index in [0.29, 0.717) is 12.1 Å². The summed E-state index contributed by atoms with van der Waals surface area (Å²) in [6.45, 7) is 5.44. The number of nitrogens with zero attached hydrogens (tertiary/aromatic N) is 1. The van der Waals surface area contributed by atoms with Crippen LogP contribution >= 0.6 is 0 Å². The summed E-state index contributed by atoms with van der Waals surface area (Å²) >= 11 is 0. The maximum absolute atomic E-state index is 6.06. The highest BCUT2D eigenvalue weighted by atomic mass is 15.6. The fourth-order valence-corrected chi connectivity index (χ4v) is 2.26. The van der Waals surface area contributed by atoms with Crippen LogP contribution in [0.3, 0.4) is 0 Å². The molecule has 3 unspecified atom stereocenters. The molecule has 0 aliphatic carbocycles. The summed E-state index contributed by atoms with van der Waals surface area (Å²) in [5.41, 5.74) is 9.54. The van der Waals surface area contributed by atoms with Gasteiger partial charge in [0, 0.05) is 31.2 Å². The van der Waals surface area contributed by atoms with Gasteiger partial charge in [-0.05, 0) is 26.3 Å². The highest BCUT2D eigenvalue weighted by Gasteiger charge is 2.31. The normalized spacial score (nSPS) is 42.5. The summed E-state index contributed by atoms with van der Waals surface area (Å²) in [5, 5.41) is 5.66. The smallest absolute Gasteiger partial charge is 0.0419 e.